The second kappa shape index (κ2) is 30.1. The van der Waals surface area contributed by atoms with E-state index in [0.717, 1.165) is 44.9 Å². The molecule has 0 bridgehead atoms. The van der Waals surface area contributed by atoms with Crippen LogP contribution in [0, 0.1) is 0 Å². The van der Waals surface area contributed by atoms with Crippen molar-refractivity contribution in [3.8, 4) is 0 Å². The van der Waals surface area contributed by atoms with Gasteiger partial charge in [0, 0.05) is 6.42 Å². The summed E-state index contributed by atoms with van der Waals surface area (Å²) in [7, 11) is 1.56. The third-order valence-corrected chi connectivity index (χ3v) is 9.15. The zero-order valence-electron chi connectivity index (χ0n) is 30.6. The van der Waals surface area contributed by atoms with E-state index in [-0.39, 0.29) is 19.1 Å². The maximum Gasteiger partial charge on any atom is 0.472 e. The summed E-state index contributed by atoms with van der Waals surface area (Å²) >= 11 is 0. The highest BCUT2D eigenvalue weighted by atomic mass is 31.2. The van der Waals surface area contributed by atoms with E-state index in [1.54, 1.807) is 6.08 Å². The van der Waals surface area contributed by atoms with E-state index in [1.807, 2.05) is 27.2 Å². The zero-order chi connectivity index (χ0) is 34.4. The quantitative estimate of drug-likeness (QED) is 0.0278. The lowest BCUT2D eigenvalue weighted by Crippen LogP contribution is -2.45. The Morgan fingerprint density at radius 2 is 1.17 bits per heavy atom. The number of nitrogens with one attached hydrogen (secondary N) is 1. The second-order valence-corrected chi connectivity index (χ2v) is 15.4. The Hall–Kier alpha value is -1.02. The Balaban J connectivity index is 4.21. The molecule has 0 aliphatic carbocycles. The number of quaternary nitrogens is 1. The summed E-state index contributed by atoms with van der Waals surface area (Å²) in [5, 5.41) is 13.5. The van der Waals surface area contributed by atoms with Gasteiger partial charge in [0.15, 0.2) is 0 Å². The summed E-state index contributed by atoms with van der Waals surface area (Å²) < 4.78 is 23.3. The number of aliphatic hydroxyl groups excluding tert-OH is 1. The summed E-state index contributed by atoms with van der Waals surface area (Å²) in [6.07, 6.45) is 32.8. The molecule has 272 valence electrons. The molecule has 0 saturated carbocycles. The van der Waals surface area contributed by atoms with Crippen molar-refractivity contribution in [1.29, 1.82) is 0 Å². The molecule has 0 saturated heterocycles. The van der Waals surface area contributed by atoms with Gasteiger partial charge in [-0.15, -0.1) is 0 Å². The van der Waals surface area contributed by atoms with Gasteiger partial charge in [0.1, 0.15) is 13.2 Å². The highest BCUT2D eigenvalue weighted by molar-refractivity contribution is 7.47. The molecule has 8 nitrogen and oxygen atoms in total. The zero-order valence-corrected chi connectivity index (χ0v) is 31.5. The Morgan fingerprint density at radius 1 is 0.717 bits per heavy atom. The van der Waals surface area contributed by atoms with Crippen LogP contribution in [0.25, 0.3) is 0 Å². The lowest BCUT2D eigenvalue weighted by atomic mass is 10.0. The number of amides is 1. The minimum absolute atomic E-state index is 0.0607. The second-order valence-electron chi connectivity index (χ2n) is 13.9. The maximum absolute atomic E-state index is 12.7. The van der Waals surface area contributed by atoms with Crippen molar-refractivity contribution in [2.24, 2.45) is 0 Å². The molecule has 9 heteroatoms. The van der Waals surface area contributed by atoms with Gasteiger partial charge in [0.25, 0.3) is 0 Å². The summed E-state index contributed by atoms with van der Waals surface area (Å²) in [5.74, 6) is -0.188. The molecule has 0 aliphatic heterocycles. The standard InChI is InChI=1S/C37H73N2O6P/c1-6-8-10-12-13-14-15-16-17-18-19-20-21-22-23-24-25-27-29-31-37(41)38-35(36(40)30-28-26-11-9-7-2)34-45-46(42,43)44-33-32-39(3,4)5/h16-17,28,30,35-36,40H,6-15,18-27,29,31-34H2,1-5H3,(H-,38,41,42,43)/p+1/b17-16-,30-28+. The Kier molecular flexibility index (Phi) is 29.4. The number of likely N-dealkylation sites (N-methyl/N-ethyl adjacent to an activating group) is 1. The Labute approximate surface area is 284 Å². The fraction of sp³-hybridized carbons (Fsp3) is 0.865. The van der Waals surface area contributed by atoms with E-state index >= 15 is 0 Å². The number of allylic oxidation sites excluding steroid dienone is 3. The van der Waals surface area contributed by atoms with Gasteiger partial charge in [-0.05, 0) is 44.9 Å². The lowest BCUT2D eigenvalue weighted by molar-refractivity contribution is -0.870. The van der Waals surface area contributed by atoms with Crippen molar-refractivity contribution >= 4 is 13.7 Å². The molecule has 3 atom stereocenters. The van der Waals surface area contributed by atoms with Crippen LogP contribution in [0.2, 0.25) is 0 Å². The molecule has 0 rings (SSSR count). The topological polar surface area (TPSA) is 105 Å². The first-order valence-electron chi connectivity index (χ1n) is 18.7. The van der Waals surface area contributed by atoms with Crippen molar-refractivity contribution in [1.82, 2.24) is 5.32 Å². The average molecular weight is 674 g/mol. The van der Waals surface area contributed by atoms with Gasteiger partial charge in [-0.3, -0.25) is 13.8 Å². The largest absolute Gasteiger partial charge is 0.472 e. The first-order valence-corrected chi connectivity index (χ1v) is 20.2. The number of phosphoric acid groups is 1. The first-order chi connectivity index (χ1) is 22.0. The number of carbonyl (C=O) groups is 1. The van der Waals surface area contributed by atoms with Crippen LogP contribution in [-0.4, -0.2) is 73.4 Å². The molecule has 3 N–H and O–H groups in total. The number of rotatable bonds is 33. The van der Waals surface area contributed by atoms with Crippen molar-refractivity contribution in [3.05, 3.63) is 24.3 Å². The summed E-state index contributed by atoms with van der Waals surface area (Å²) in [4.78, 5) is 22.8. The molecule has 0 aliphatic rings. The van der Waals surface area contributed by atoms with Crippen molar-refractivity contribution in [2.45, 2.75) is 167 Å². The molecule has 3 unspecified atom stereocenters. The van der Waals surface area contributed by atoms with Gasteiger partial charge in [-0.2, -0.15) is 0 Å². The summed E-state index contributed by atoms with van der Waals surface area (Å²) in [6.45, 7) is 4.68. The molecule has 0 radical (unpaired) electrons. The lowest BCUT2D eigenvalue weighted by Gasteiger charge is -2.25. The van der Waals surface area contributed by atoms with Crippen LogP contribution in [0.1, 0.15) is 155 Å². The number of phosphoric ester groups is 1. The maximum atomic E-state index is 12.7. The Morgan fingerprint density at radius 3 is 1.72 bits per heavy atom. The van der Waals surface area contributed by atoms with Crippen LogP contribution in [0.15, 0.2) is 24.3 Å². The highest BCUT2D eigenvalue weighted by Gasteiger charge is 2.27. The van der Waals surface area contributed by atoms with E-state index in [0.29, 0.717) is 17.4 Å². The SMILES string of the molecule is CCCCC/C=C/C(O)C(COP(=O)(O)OCC[N+](C)(C)C)NC(=O)CCCCCCCCCCC/C=C\CCCCCCCC. The molecule has 0 aromatic heterocycles. The number of hydrogen-bond donors (Lipinski definition) is 3. The normalized spacial score (nSPS) is 15.0. The summed E-state index contributed by atoms with van der Waals surface area (Å²) in [6, 6.07) is -0.840. The Bertz CT molecular complexity index is 814. The van der Waals surface area contributed by atoms with E-state index in [4.69, 9.17) is 9.05 Å². The van der Waals surface area contributed by atoms with Gasteiger partial charge >= 0.3 is 7.82 Å². The predicted octanol–water partition coefficient (Wildman–Crippen LogP) is 9.41. The van der Waals surface area contributed by atoms with Gasteiger partial charge in [-0.25, -0.2) is 4.57 Å². The van der Waals surface area contributed by atoms with Gasteiger partial charge < -0.3 is 19.8 Å². The van der Waals surface area contributed by atoms with Crippen LogP contribution < -0.4 is 5.32 Å². The van der Waals surface area contributed by atoms with Gasteiger partial charge in [-0.1, -0.05) is 128 Å². The molecule has 0 aromatic carbocycles. The number of aliphatic hydroxyl groups is 1. The number of unbranched alkanes of at least 4 members (excludes halogenated alkanes) is 18. The van der Waals surface area contributed by atoms with Crippen LogP contribution in [0.5, 0.6) is 0 Å². The highest BCUT2D eigenvalue weighted by Crippen LogP contribution is 2.43. The molecule has 0 aromatic rings. The minimum atomic E-state index is -4.31. The van der Waals surface area contributed by atoms with Crippen LogP contribution in [-0.2, 0) is 18.4 Å². The van der Waals surface area contributed by atoms with Crippen molar-refractivity contribution in [3.63, 3.8) is 0 Å². The number of nitrogens with zero attached hydrogens (tertiary/aromatic N) is 1. The molecule has 0 heterocycles. The van der Waals surface area contributed by atoms with E-state index in [9.17, 15) is 19.4 Å². The molecule has 0 fully saturated rings. The third kappa shape index (κ3) is 31.6. The fourth-order valence-electron chi connectivity index (χ4n) is 5.09. The fourth-order valence-corrected chi connectivity index (χ4v) is 5.83. The number of hydrogen-bond acceptors (Lipinski definition) is 5. The molecular weight excluding hydrogens is 599 g/mol. The molecule has 46 heavy (non-hydrogen) atoms. The van der Waals surface area contributed by atoms with Crippen molar-refractivity contribution in [2.75, 3.05) is 40.9 Å². The van der Waals surface area contributed by atoms with Crippen LogP contribution in [0.4, 0.5) is 0 Å². The summed E-state index contributed by atoms with van der Waals surface area (Å²) in [5.41, 5.74) is 0. The molecular formula is C37H74N2O6P+. The van der Waals surface area contributed by atoms with Gasteiger partial charge in [0.2, 0.25) is 5.91 Å². The first kappa shape index (κ1) is 45.0. The van der Waals surface area contributed by atoms with E-state index in [1.165, 1.54) is 89.9 Å². The van der Waals surface area contributed by atoms with Gasteiger partial charge in [0.05, 0.1) is 39.9 Å². The van der Waals surface area contributed by atoms with E-state index < -0.39 is 20.0 Å². The molecule has 0 spiro atoms. The minimum Gasteiger partial charge on any atom is -0.387 e. The van der Waals surface area contributed by atoms with E-state index in [2.05, 4.69) is 31.3 Å². The average Bonchev–Trinajstić information content (AvgIpc) is 2.99. The monoisotopic (exact) mass is 674 g/mol. The van der Waals surface area contributed by atoms with Crippen LogP contribution >= 0.6 is 7.82 Å². The number of carbonyl (C=O) groups excluding carboxylic acids is 1. The van der Waals surface area contributed by atoms with Crippen molar-refractivity contribution < 1.29 is 32.9 Å². The molecule has 1 amide bonds. The smallest absolute Gasteiger partial charge is 0.387 e. The third-order valence-electron chi connectivity index (χ3n) is 8.17. The van der Waals surface area contributed by atoms with Crippen LogP contribution in [0.3, 0.4) is 0 Å². The predicted molar refractivity (Wildman–Crippen MR) is 194 cm³/mol.